The Labute approximate surface area is 172 Å². The summed E-state index contributed by atoms with van der Waals surface area (Å²) in [7, 11) is -3.75. The highest BCUT2D eigenvalue weighted by Gasteiger charge is 2.32. The summed E-state index contributed by atoms with van der Waals surface area (Å²) in [6.07, 6.45) is -4.99. The van der Waals surface area contributed by atoms with Crippen LogP contribution in [0.5, 0.6) is 0 Å². The Balaban J connectivity index is 1.75. The minimum absolute atomic E-state index is 0.0113. The van der Waals surface area contributed by atoms with E-state index in [2.05, 4.69) is 5.32 Å². The number of ether oxygens (including phenoxy) is 1. The van der Waals surface area contributed by atoms with E-state index < -0.39 is 27.7 Å². The van der Waals surface area contributed by atoms with Crippen LogP contribution >= 0.6 is 0 Å². The Kier molecular flexibility index (Phi) is 6.21. The minimum atomic E-state index is -4.52. The van der Waals surface area contributed by atoms with E-state index in [0.717, 1.165) is 12.1 Å². The van der Waals surface area contributed by atoms with E-state index in [9.17, 15) is 26.4 Å². The van der Waals surface area contributed by atoms with Crippen LogP contribution in [0.25, 0.3) is 0 Å². The van der Waals surface area contributed by atoms with Crippen LogP contribution in [0.3, 0.4) is 0 Å². The number of alkyl halides is 3. The quantitative estimate of drug-likeness (QED) is 0.783. The van der Waals surface area contributed by atoms with Crippen LogP contribution in [0.4, 0.5) is 18.9 Å². The molecule has 1 N–H and O–H groups in total. The molecular formula is C20H21F3N2O4S. The fraction of sp³-hybridized carbons (Fsp3) is 0.350. The van der Waals surface area contributed by atoms with E-state index in [-0.39, 0.29) is 41.4 Å². The minimum Gasteiger partial charge on any atom is -0.373 e. The van der Waals surface area contributed by atoms with Gasteiger partial charge in [-0.25, -0.2) is 8.42 Å². The highest BCUT2D eigenvalue weighted by molar-refractivity contribution is 7.89. The number of nitrogens with one attached hydrogen (secondary N) is 1. The molecule has 2 aromatic rings. The zero-order valence-electron chi connectivity index (χ0n) is 16.3. The number of carbonyl (C=O) groups excluding carboxylic acids is 1. The van der Waals surface area contributed by atoms with Crippen molar-refractivity contribution >= 4 is 21.6 Å². The van der Waals surface area contributed by atoms with Crippen molar-refractivity contribution in [3.63, 3.8) is 0 Å². The Morgan fingerprint density at radius 3 is 2.23 bits per heavy atom. The summed E-state index contributed by atoms with van der Waals surface area (Å²) in [5, 5.41) is 2.39. The van der Waals surface area contributed by atoms with Gasteiger partial charge in [-0.15, -0.1) is 0 Å². The predicted octanol–water partition coefficient (Wildman–Crippen LogP) is 3.76. The number of hydrogen-bond acceptors (Lipinski definition) is 4. The third-order valence-electron chi connectivity index (χ3n) is 4.59. The van der Waals surface area contributed by atoms with Gasteiger partial charge < -0.3 is 10.1 Å². The number of hydrogen-bond donors (Lipinski definition) is 1. The molecule has 0 saturated carbocycles. The summed E-state index contributed by atoms with van der Waals surface area (Å²) in [5.74, 6) is -0.646. The van der Waals surface area contributed by atoms with Gasteiger partial charge in [-0.05, 0) is 56.3 Å². The molecule has 1 fully saturated rings. The summed E-state index contributed by atoms with van der Waals surface area (Å²) >= 11 is 0. The highest BCUT2D eigenvalue weighted by atomic mass is 32.2. The fourth-order valence-corrected chi connectivity index (χ4v) is 4.82. The summed E-state index contributed by atoms with van der Waals surface area (Å²) in [6, 6.07) is 9.53. The maximum absolute atomic E-state index is 12.8. The summed E-state index contributed by atoms with van der Waals surface area (Å²) in [5.41, 5.74) is -0.770. The van der Waals surface area contributed by atoms with Gasteiger partial charge in [-0.3, -0.25) is 4.79 Å². The molecule has 3 rings (SSSR count). The standard InChI is InChI=1S/C20H21F3N2O4S/c1-13-11-25(12-14(2)29-13)30(27,28)18-8-6-15(7-9-18)19(26)24-17-5-3-4-16(10-17)20(21,22)23/h3-10,13-14H,11-12H2,1-2H3,(H,24,26)/t13-,14+. The number of carbonyl (C=O) groups is 1. The van der Waals surface area contributed by atoms with Crippen molar-refractivity contribution in [3.05, 3.63) is 59.7 Å². The molecule has 1 saturated heterocycles. The zero-order chi connectivity index (χ0) is 22.1. The molecule has 1 amide bonds. The Morgan fingerprint density at radius 2 is 1.67 bits per heavy atom. The van der Waals surface area contributed by atoms with Gasteiger partial charge in [0.05, 0.1) is 22.7 Å². The lowest BCUT2D eigenvalue weighted by Crippen LogP contribution is -2.48. The van der Waals surface area contributed by atoms with E-state index in [1.807, 2.05) is 0 Å². The number of anilines is 1. The lowest BCUT2D eigenvalue weighted by molar-refractivity contribution is -0.137. The van der Waals surface area contributed by atoms with Crippen LogP contribution in [0.15, 0.2) is 53.4 Å². The fourth-order valence-electron chi connectivity index (χ4n) is 3.23. The Hall–Kier alpha value is -2.43. The number of halogens is 3. The monoisotopic (exact) mass is 442 g/mol. The van der Waals surface area contributed by atoms with Crippen LogP contribution < -0.4 is 5.32 Å². The van der Waals surface area contributed by atoms with Gasteiger partial charge in [0.25, 0.3) is 5.91 Å². The van der Waals surface area contributed by atoms with Crippen LogP contribution in [0, 0.1) is 0 Å². The van der Waals surface area contributed by atoms with Crippen LogP contribution in [-0.4, -0.2) is 43.9 Å². The number of benzene rings is 2. The van der Waals surface area contributed by atoms with Gasteiger partial charge in [0, 0.05) is 24.3 Å². The lowest BCUT2D eigenvalue weighted by Gasteiger charge is -2.34. The number of amides is 1. The van der Waals surface area contributed by atoms with E-state index in [1.165, 1.54) is 40.7 Å². The second kappa shape index (κ2) is 8.37. The molecule has 1 heterocycles. The third kappa shape index (κ3) is 5.00. The number of sulfonamides is 1. The maximum atomic E-state index is 12.8. The molecule has 6 nitrogen and oxygen atoms in total. The van der Waals surface area contributed by atoms with E-state index in [0.29, 0.717) is 0 Å². The number of nitrogens with zero attached hydrogens (tertiary/aromatic N) is 1. The molecule has 162 valence electrons. The molecule has 30 heavy (non-hydrogen) atoms. The smallest absolute Gasteiger partial charge is 0.373 e. The lowest BCUT2D eigenvalue weighted by atomic mass is 10.1. The summed E-state index contributed by atoms with van der Waals surface area (Å²) in [4.78, 5) is 12.4. The average molecular weight is 442 g/mol. The Bertz CT molecular complexity index is 1010. The predicted molar refractivity (Wildman–Crippen MR) is 105 cm³/mol. The topological polar surface area (TPSA) is 75.7 Å². The van der Waals surface area contributed by atoms with Gasteiger partial charge in [-0.2, -0.15) is 17.5 Å². The van der Waals surface area contributed by atoms with Crippen molar-refractivity contribution < 1.29 is 31.1 Å². The molecule has 0 aliphatic carbocycles. The summed E-state index contributed by atoms with van der Waals surface area (Å²) < 4.78 is 71.0. The first kappa shape index (κ1) is 22.3. The molecule has 0 aromatic heterocycles. The largest absolute Gasteiger partial charge is 0.416 e. The molecule has 1 aliphatic heterocycles. The normalized spacial score (nSPS) is 20.7. The number of rotatable bonds is 4. The van der Waals surface area contributed by atoms with Gasteiger partial charge in [0.1, 0.15) is 0 Å². The Morgan fingerprint density at radius 1 is 1.07 bits per heavy atom. The van der Waals surface area contributed by atoms with E-state index in [1.54, 1.807) is 13.8 Å². The van der Waals surface area contributed by atoms with E-state index >= 15 is 0 Å². The maximum Gasteiger partial charge on any atom is 0.416 e. The second-order valence-corrected chi connectivity index (χ2v) is 9.07. The molecule has 1 aliphatic rings. The van der Waals surface area contributed by atoms with Crippen molar-refractivity contribution in [1.29, 1.82) is 0 Å². The van der Waals surface area contributed by atoms with Gasteiger partial charge in [0.15, 0.2) is 0 Å². The van der Waals surface area contributed by atoms with Crippen molar-refractivity contribution in [2.45, 2.75) is 37.1 Å². The second-order valence-electron chi connectivity index (χ2n) is 7.14. The van der Waals surface area contributed by atoms with Crippen LogP contribution in [0.2, 0.25) is 0 Å². The van der Waals surface area contributed by atoms with Crippen molar-refractivity contribution in [3.8, 4) is 0 Å². The molecule has 0 bridgehead atoms. The number of morpholine rings is 1. The molecule has 0 radical (unpaired) electrons. The van der Waals surface area contributed by atoms with Gasteiger partial charge in [0.2, 0.25) is 10.0 Å². The first-order valence-electron chi connectivity index (χ1n) is 9.21. The molecule has 10 heteroatoms. The van der Waals surface area contributed by atoms with Gasteiger partial charge >= 0.3 is 6.18 Å². The van der Waals surface area contributed by atoms with Crippen molar-refractivity contribution in [2.24, 2.45) is 0 Å². The molecule has 2 atom stereocenters. The highest BCUT2D eigenvalue weighted by Crippen LogP contribution is 2.30. The van der Waals surface area contributed by atoms with Crippen molar-refractivity contribution in [1.82, 2.24) is 4.31 Å². The molecule has 0 unspecified atom stereocenters. The first-order chi connectivity index (χ1) is 14.0. The summed E-state index contributed by atoms with van der Waals surface area (Å²) in [6.45, 7) is 4.04. The first-order valence-corrected chi connectivity index (χ1v) is 10.6. The average Bonchev–Trinajstić information content (AvgIpc) is 2.67. The molecular weight excluding hydrogens is 421 g/mol. The van der Waals surface area contributed by atoms with Crippen LogP contribution in [-0.2, 0) is 20.9 Å². The van der Waals surface area contributed by atoms with E-state index in [4.69, 9.17) is 4.74 Å². The van der Waals surface area contributed by atoms with Gasteiger partial charge in [-0.1, -0.05) is 6.07 Å². The van der Waals surface area contributed by atoms with Crippen molar-refractivity contribution in [2.75, 3.05) is 18.4 Å². The zero-order valence-corrected chi connectivity index (χ0v) is 17.1. The SMILES string of the molecule is C[C@@H]1CN(S(=O)(=O)c2ccc(C(=O)Nc3cccc(C(F)(F)F)c3)cc2)C[C@H](C)O1. The van der Waals surface area contributed by atoms with Crippen LogP contribution in [0.1, 0.15) is 29.8 Å². The molecule has 2 aromatic carbocycles. The molecule has 0 spiro atoms. The third-order valence-corrected chi connectivity index (χ3v) is 6.43.